The van der Waals surface area contributed by atoms with E-state index in [0.29, 0.717) is 30.3 Å². The minimum Gasteiger partial charge on any atom is -0.490 e. The van der Waals surface area contributed by atoms with Gasteiger partial charge in [0, 0.05) is 50.1 Å². The van der Waals surface area contributed by atoms with E-state index < -0.39 is 17.9 Å². The number of aliphatic hydroxyl groups excluding tert-OH is 1. The van der Waals surface area contributed by atoms with Crippen LogP contribution in [0.2, 0.25) is 0 Å². The molecule has 5 amide bonds. The molecule has 1 heterocycles. The van der Waals surface area contributed by atoms with Crippen LogP contribution in [-0.2, 0) is 4.74 Å². The molecule has 1 saturated carbocycles. The highest BCUT2D eigenvalue weighted by molar-refractivity contribution is 6.02. The molecule has 0 radical (unpaired) electrons. The van der Waals surface area contributed by atoms with Crippen molar-refractivity contribution in [3.8, 4) is 5.75 Å². The molecule has 2 aromatic rings. The summed E-state index contributed by atoms with van der Waals surface area (Å²) in [6.07, 6.45) is 7.27. The van der Waals surface area contributed by atoms with Crippen molar-refractivity contribution in [3.63, 3.8) is 0 Å². The first kappa shape index (κ1) is 36.9. The monoisotopic (exact) mass is 669 g/mol. The molecule has 0 bridgehead atoms. The van der Waals surface area contributed by atoms with Crippen molar-refractivity contribution < 1.29 is 33.4 Å². The lowest BCUT2D eigenvalue weighted by Crippen LogP contribution is -2.50. The fraction of sp³-hybridized carbons (Fsp3) is 0.583. The van der Waals surface area contributed by atoms with E-state index in [0.717, 1.165) is 44.9 Å². The van der Waals surface area contributed by atoms with Crippen LogP contribution >= 0.6 is 0 Å². The number of anilines is 2. The van der Waals surface area contributed by atoms with Crippen LogP contribution in [-0.4, -0.2) is 90.5 Å². The van der Waals surface area contributed by atoms with Crippen molar-refractivity contribution >= 4 is 29.3 Å². The number of carbonyl (C=O) groups excluding carboxylic acids is 3. The second kappa shape index (κ2) is 18.0. The molecule has 1 aliphatic heterocycles. The summed E-state index contributed by atoms with van der Waals surface area (Å²) in [5.41, 5.74) is 1.01. The largest absolute Gasteiger partial charge is 0.490 e. The van der Waals surface area contributed by atoms with E-state index in [1.54, 1.807) is 42.0 Å². The van der Waals surface area contributed by atoms with Gasteiger partial charge in [0.25, 0.3) is 5.91 Å². The van der Waals surface area contributed by atoms with Crippen LogP contribution < -0.4 is 20.7 Å². The third-order valence-electron chi connectivity index (χ3n) is 9.14. The molecule has 1 aliphatic carbocycles. The lowest BCUT2D eigenvalue weighted by atomic mass is 9.96. The molecule has 4 atom stereocenters. The van der Waals surface area contributed by atoms with Gasteiger partial charge in [-0.2, -0.15) is 0 Å². The normalized spacial score (nSPS) is 22.0. The summed E-state index contributed by atoms with van der Waals surface area (Å²) >= 11 is 0. The van der Waals surface area contributed by atoms with E-state index in [1.807, 2.05) is 13.8 Å². The number of halogens is 1. The van der Waals surface area contributed by atoms with Gasteiger partial charge in [-0.05, 0) is 88.4 Å². The maximum absolute atomic E-state index is 14.3. The Kier molecular flexibility index (Phi) is 13.9. The average molecular weight is 670 g/mol. The predicted molar refractivity (Wildman–Crippen MR) is 184 cm³/mol. The van der Waals surface area contributed by atoms with Crippen molar-refractivity contribution in [3.05, 3.63) is 53.8 Å². The number of hydrogen-bond acceptors (Lipinski definition) is 6. The predicted octanol–water partition coefficient (Wildman–Crippen LogP) is 6.24. The first-order chi connectivity index (χ1) is 23.0. The van der Waals surface area contributed by atoms with Gasteiger partial charge in [0.15, 0.2) is 0 Å². The molecule has 264 valence electrons. The molecule has 0 unspecified atom stereocenters. The summed E-state index contributed by atoms with van der Waals surface area (Å²) < 4.78 is 26.0. The molecule has 0 saturated heterocycles. The fourth-order valence-corrected chi connectivity index (χ4v) is 6.17. The summed E-state index contributed by atoms with van der Waals surface area (Å²) in [4.78, 5) is 43.5. The third-order valence-corrected chi connectivity index (χ3v) is 9.14. The van der Waals surface area contributed by atoms with Gasteiger partial charge < -0.3 is 40.3 Å². The molecule has 4 N–H and O–H groups in total. The van der Waals surface area contributed by atoms with Crippen LogP contribution in [0.1, 0.15) is 82.5 Å². The molecule has 0 aromatic heterocycles. The van der Waals surface area contributed by atoms with E-state index in [2.05, 4.69) is 16.0 Å². The van der Waals surface area contributed by atoms with E-state index >= 15 is 0 Å². The molecular formula is C36H52FN5O6. The Labute approximate surface area is 283 Å². The van der Waals surface area contributed by atoms with Crippen LogP contribution in [0, 0.1) is 11.7 Å². The van der Waals surface area contributed by atoms with E-state index in [4.69, 9.17) is 9.47 Å². The van der Waals surface area contributed by atoms with Crippen LogP contribution in [0.3, 0.4) is 0 Å². The van der Waals surface area contributed by atoms with Gasteiger partial charge in [0.05, 0.1) is 30.4 Å². The Hall–Kier alpha value is -3.90. The number of amides is 5. The van der Waals surface area contributed by atoms with E-state index in [-0.39, 0.29) is 54.8 Å². The van der Waals surface area contributed by atoms with E-state index in [1.165, 1.54) is 30.7 Å². The number of aliphatic hydroxyl groups is 1. The number of nitrogens with zero attached hydrogens (tertiary/aromatic N) is 2. The number of ether oxygens (including phenoxy) is 2. The molecule has 12 heteroatoms. The lowest BCUT2D eigenvalue weighted by molar-refractivity contribution is -0.0123. The Morgan fingerprint density at radius 3 is 2.38 bits per heavy atom. The highest BCUT2D eigenvalue weighted by atomic mass is 19.1. The quantitative estimate of drug-likeness (QED) is 0.276. The van der Waals surface area contributed by atoms with Gasteiger partial charge in [0.1, 0.15) is 11.6 Å². The van der Waals surface area contributed by atoms with Crippen molar-refractivity contribution in [2.75, 3.05) is 44.0 Å². The van der Waals surface area contributed by atoms with Crippen molar-refractivity contribution in [1.82, 2.24) is 15.1 Å². The number of fused-ring (bicyclic) bond motifs is 1. The number of hydrogen-bond donors (Lipinski definition) is 4. The minimum absolute atomic E-state index is 0.128. The number of likely N-dealkylation sites (N-methyl/N-ethyl adjacent to an activating group) is 1. The number of carbonyl (C=O) groups is 3. The second-order valence-electron chi connectivity index (χ2n) is 13.3. The lowest BCUT2D eigenvalue weighted by Gasteiger charge is -2.36. The molecule has 0 spiro atoms. The summed E-state index contributed by atoms with van der Waals surface area (Å²) in [6.45, 7) is 6.55. The van der Waals surface area contributed by atoms with Crippen LogP contribution in [0.25, 0.3) is 0 Å². The number of urea groups is 2. The third kappa shape index (κ3) is 10.8. The van der Waals surface area contributed by atoms with Crippen LogP contribution in [0.15, 0.2) is 42.5 Å². The van der Waals surface area contributed by atoms with Crippen molar-refractivity contribution in [1.29, 1.82) is 0 Å². The summed E-state index contributed by atoms with van der Waals surface area (Å²) in [5, 5.41) is 18.8. The Morgan fingerprint density at radius 2 is 1.67 bits per heavy atom. The second-order valence-corrected chi connectivity index (χ2v) is 13.3. The Bertz CT molecular complexity index is 1350. The zero-order chi connectivity index (χ0) is 34.6. The zero-order valence-corrected chi connectivity index (χ0v) is 28.7. The van der Waals surface area contributed by atoms with Gasteiger partial charge in [-0.15, -0.1) is 0 Å². The van der Waals surface area contributed by atoms with Gasteiger partial charge >= 0.3 is 12.1 Å². The van der Waals surface area contributed by atoms with Crippen molar-refractivity contribution in [2.45, 2.75) is 96.4 Å². The van der Waals surface area contributed by atoms with Gasteiger partial charge in [-0.25, -0.2) is 14.0 Å². The molecule has 48 heavy (non-hydrogen) atoms. The number of benzene rings is 2. The molecule has 2 aliphatic rings. The fourth-order valence-electron chi connectivity index (χ4n) is 6.17. The van der Waals surface area contributed by atoms with Crippen LogP contribution in [0.5, 0.6) is 5.75 Å². The van der Waals surface area contributed by atoms with Gasteiger partial charge in [0.2, 0.25) is 0 Å². The molecule has 2 aromatic carbocycles. The highest BCUT2D eigenvalue weighted by Crippen LogP contribution is 2.29. The zero-order valence-electron chi connectivity index (χ0n) is 28.7. The number of nitrogens with one attached hydrogen (secondary N) is 3. The smallest absolute Gasteiger partial charge is 0.323 e. The first-order valence-electron chi connectivity index (χ1n) is 17.2. The molecule has 11 nitrogen and oxygen atoms in total. The Morgan fingerprint density at radius 1 is 1.00 bits per heavy atom. The maximum Gasteiger partial charge on any atom is 0.323 e. The minimum atomic E-state index is -0.560. The Balaban J connectivity index is 1.55. The first-order valence-corrected chi connectivity index (χ1v) is 17.2. The van der Waals surface area contributed by atoms with E-state index in [9.17, 15) is 23.9 Å². The average Bonchev–Trinajstić information content (AvgIpc) is 3.07. The van der Waals surface area contributed by atoms with Gasteiger partial charge in [-0.1, -0.05) is 26.2 Å². The highest BCUT2D eigenvalue weighted by Gasteiger charge is 2.31. The van der Waals surface area contributed by atoms with Gasteiger partial charge in [-0.3, -0.25) is 4.79 Å². The molecule has 4 rings (SSSR count). The molecule has 1 fully saturated rings. The standard InChI is InChI=1S/C36H52FN5O6/c1-24-21-42(25(2)23-43)34(44)31-20-30(39-35(45)38-29-15-13-27(37)14-16-29)17-18-32(31)48-26(3)10-8-9-19-47-33(24)22-41(4)36(46)40-28-11-6-5-7-12-28/h13-18,20,24-26,28,33,43H,5-12,19,21-23H2,1-4H3,(H,40,46)(H2,38,39,45)/t24-,25-,26-,33+/m0/s1. The summed E-state index contributed by atoms with van der Waals surface area (Å²) in [6, 6.07) is 9.25. The summed E-state index contributed by atoms with van der Waals surface area (Å²) in [5.74, 6) is -0.598. The number of rotatable bonds is 7. The SMILES string of the molecule is C[C@H]1CCCCO[C@H](CN(C)C(=O)NC2CCCCC2)[C@@H](C)CN([C@@H](C)CO)C(=O)c2cc(NC(=O)Nc3ccc(F)cc3)ccc2O1. The van der Waals surface area contributed by atoms with Crippen molar-refractivity contribution in [2.24, 2.45) is 5.92 Å². The maximum atomic E-state index is 14.3. The summed E-state index contributed by atoms with van der Waals surface area (Å²) in [7, 11) is 1.77. The molecular weight excluding hydrogens is 617 g/mol. The topological polar surface area (TPSA) is 132 Å². The van der Waals surface area contributed by atoms with Crippen LogP contribution in [0.4, 0.5) is 25.4 Å².